The predicted octanol–water partition coefficient (Wildman–Crippen LogP) is 1.05. The molecule has 0 saturated carbocycles. The fourth-order valence-electron chi connectivity index (χ4n) is 0. The molecule has 0 radical (unpaired) electrons. The monoisotopic (exact) mass is 149 g/mol. The van der Waals surface area contributed by atoms with Crippen LogP contribution in [0.2, 0.25) is 0 Å². The molecule has 0 unspecified atom stereocenters. The molecular weight excluding hydrogens is 150 g/mol. The molecule has 0 aliphatic carbocycles. The molecule has 0 aromatic carbocycles. The van der Waals surface area contributed by atoms with Crippen molar-refractivity contribution in [2.45, 2.75) is 0 Å². The van der Waals surface area contributed by atoms with Crippen LogP contribution in [0.5, 0.6) is 0 Å². The first kappa shape index (κ1) is 6.19. The first-order valence-electron chi connectivity index (χ1n) is 0.703. The Morgan fingerprint density at radius 1 is 1.60 bits per heavy atom. The highest BCUT2D eigenvalue weighted by Gasteiger charge is 1.78. The third kappa shape index (κ3) is 37.3. The molecule has 0 aromatic heterocycles. The van der Waals surface area contributed by atoms with E-state index in [0.29, 0.717) is 0 Å². The molecule has 0 fully saturated rings. The molecule has 1 nitrogen and oxygen atoms in total. The van der Waals surface area contributed by atoms with Gasteiger partial charge in [0.2, 0.25) is 0 Å². The maximum absolute atomic E-state index is 9.56. The first-order chi connectivity index (χ1) is 2.00. The number of halogens is 2. The average molecular weight is 150 g/mol. The lowest BCUT2D eigenvalue weighted by Gasteiger charge is -2.04. The lowest BCUT2D eigenvalue weighted by Crippen LogP contribution is -1.81. The van der Waals surface area contributed by atoms with Crippen molar-refractivity contribution in [2.24, 2.45) is 0 Å². The van der Waals surface area contributed by atoms with Gasteiger partial charge < -0.3 is 4.89 Å². The van der Waals surface area contributed by atoms with E-state index in [0.717, 1.165) is 0 Å². The summed E-state index contributed by atoms with van der Waals surface area (Å²) in [6, 6.07) is 0. The Kier molecular flexibility index (Phi) is 2.18. The molecule has 0 amide bonds. The lowest BCUT2D eigenvalue weighted by atomic mass is 15.9. The maximum atomic E-state index is 9.56. The van der Waals surface area contributed by atoms with E-state index in [1.807, 2.05) is 0 Å². The molecule has 5 heavy (non-hydrogen) atoms. The van der Waals surface area contributed by atoms with Gasteiger partial charge in [-0.1, -0.05) is 34.3 Å². The van der Waals surface area contributed by atoms with Crippen molar-refractivity contribution >= 4 is 39.3 Å². The van der Waals surface area contributed by atoms with Crippen LogP contribution in [0, 0.1) is 0 Å². The first-order valence-corrected chi connectivity index (χ1v) is 5.23. The molecule has 0 heterocycles. The fraction of sp³-hybridized carbons (Fsp3) is 0. The zero-order chi connectivity index (χ0) is 4.50. The number of hydrogen-bond acceptors (Lipinski definition) is 2. The molecule has 0 rings (SSSR count). The van der Waals surface area contributed by atoms with Crippen LogP contribution in [0.25, 0.3) is 0 Å². The smallest absolute Gasteiger partial charge is 0.0486 e. The van der Waals surface area contributed by atoms with E-state index in [9.17, 15) is 4.89 Å². The molecule has 0 atom stereocenters. The molecular formula is Cl2OPS-. The molecule has 0 aliphatic rings. The van der Waals surface area contributed by atoms with Crippen LogP contribution < -0.4 is 4.89 Å². The normalized spacial score (nSPS) is 11.8. The van der Waals surface area contributed by atoms with Crippen molar-refractivity contribution in [2.75, 3.05) is 0 Å². The van der Waals surface area contributed by atoms with Gasteiger partial charge in [-0.3, -0.25) is 0 Å². The van der Waals surface area contributed by atoms with E-state index in [1.54, 1.807) is 0 Å². The second-order valence-electron chi connectivity index (χ2n) is 0.414. The van der Waals surface area contributed by atoms with Crippen molar-refractivity contribution in [3.05, 3.63) is 0 Å². The minimum atomic E-state index is -3.11. The zero-order valence-electron chi connectivity index (χ0n) is 2.02. The predicted molar refractivity (Wildman–Crippen MR) is 26.0 cm³/mol. The van der Waals surface area contributed by atoms with E-state index < -0.39 is 4.97 Å². The van der Waals surface area contributed by atoms with Gasteiger partial charge in [0.05, 0.1) is 0 Å². The number of rotatable bonds is 0. The summed E-state index contributed by atoms with van der Waals surface area (Å²) in [6.07, 6.45) is 0. The lowest BCUT2D eigenvalue weighted by molar-refractivity contribution is -0.150. The summed E-state index contributed by atoms with van der Waals surface area (Å²) in [5, 5.41) is 0. The Labute approximate surface area is 44.6 Å². The van der Waals surface area contributed by atoms with Gasteiger partial charge in [0.1, 0.15) is 0 Å². The highest BCUT2D eigenvalue weighted by Crippen LogP contribution is 2.47. The number of hydrogen-bond donors (Lipinski definition) is 0. The molecule has 0 saturated heterocycles. The zero-order valence-corrected chi connectivity index (χ0v) is 5.24. The van der Waals surface area contributed by atoms with Crippen molar-refractivity contribution in [1.82, 2.24) is 0 Å². The van der Waals surface area contributed by atoms with Gasteiger partial charge in [0.15, 0.2) is 0 Å². The van der Waals surface area contributed by atoms with Crippen LogP contribution >= 0.6 is 27.5 Å². The average Bonchev–Trinajstić information content (AvgIpc) is 0.722. The Morgan fingerprint density at radius 3 is 1.60 bits per heavy atom. The van der Waals surface area contributed by atoms with Gasteiger partial charge in [0, 0.05) is 4.97 Å². The van der Waals surface area contributed by atoms with E-state index in [-0.39, 0.29) is 0 Å². The summed E-state index contributed by atoms with van der Waals surface area (Å²) < 4.78 is 0. The van der Waals surface area contributed by atoms with Crippen LogP contribution in [0.4, 0.5) is 0 Å². The highest BCUT2D eigenvalue weighted by atomic mass is 35.9. The highest BCUT2D eigenvalue weighted by molar-refractivity contribution is 8.35. The summed E-state index contributed by atoms with van der Waals surface area (Å²) in [7, 11) is 0. The van der Waals surface area contributed by atoms with Gasteiger partial charge >= 0.3 is 0 Å². The second kappa shape index (κ2) is 1.76. The van der Waals surface area contributed by atoms with Gasteiger partial charge in [-0.05, 0) is 0 Å². The summed E-state index contributed by atoms with van der Waals surface area (Å²) in [4.78, 5) is 6.45. The molecule has 0 spiro atoms. The maximum Gasteiger partial charge on any atom is 0.0486 e. The van der Waals surface area contributed by atoms with Crippen molar-refractivity contribution in [3.63, 3.8) is 0 Å². The summed E-state index contributed by atoms with van der Waals surface area (Å²) >= 11 is 13.2. The van der Waals surface area contributed by atoms with Crippen LogP contribution in [0.15, 0.2) is 0 Å². The Hall–Kier alpha value is 1.19. The van der Waals surface area contributed by atoms with E-state index in [1.165, 1.54) is 0 Å². The Bertz CT molecular complexity index is 55.8. The second-order valence-corrected chi connectivity index (χ2v) is 7.36. The molecule has 0 bridgehead atoms. The van der Waals surface area contributed by atoms with Crippen molar-refractivity contribution in [1.29, 1.82) is 0 Å². The van der Waals surface area contributed by atoms with Crippen LogP contribution in [0.1, 0.15) is 0 Å². The molecule has 0 aliphatic heterocycles. The van der Waals surface area contributed by atoms with Crippen LogP contribution in [-0.4, -0.2) is 0 Å². The molecule has 0 aromatic rings. The quantitative estimate of drug-likeness (QED) is 0.481. The van der Waals surface area contributed by atoms with Gasteiger partial charge in [-0.15, -0.1) is 0 Å². The summed E-state index contributed by atoms with van der Waals surface area (Å²) in [5.41, 5.74) is 0. The van der Waals surface area contributed by atoms with Crippen LogP contribution in [0.3, 0.4) is 0 Å². The van der Waals surface area contributed by atoms with Gasteiger partial charge in [-0.2, -0.15) is 0 Å². The van der Waals surface area contributed by atoms with Gasteiger partial charge in [-0.25, -0.2) is 0 Å². The van der Waals surface area contributed by atoms with Crippen LogP contribution in [-0.2, 0) is 11.8 Å². The van der Waals surface area contributed by atoms with Crippen molar-refractivity contribution < 1.29 is 4.89 Å². The Balaban J connectivity index is 3.47. The summed E-state index contributed by atoms with van der Waals surface area (Å²) in [6.45, 7) is 0. The fourth-order valence-corrected chi connectivity index (χ4v) is 0. The Morgan fingerprint density at radius 2 is 1.60 bits per heavy atom. The summed E-state index contributed by atoms with van der Waals surface area (Å²) in [5.74, 6) is 0. The topological polar surface area (TPSA) is 23.1 Å². The van der Waals surface area contributed by atoms with E-state index in [4.69, 9.17) is 0 Å². The largest absolute Gasteiger partial charge is 0.798 e. The van der Waals surface area contributed by atoms with Crippen molar-refractivity contribution in [3.8, 4) is 0 Å². The van der Waals surface area contributed by atoms with E-state index >= 15 is 0 Å². The minimum Gasteiger partial charge on any atom is -0.798 e. The SMILES string of the molecule is [O-]P(=S)(Cl)Cl. The molecule has 5 heteroatoms. The molecule has 32 valence electrons. The standard InChI is InChI=1S/Cl2HOPS/c1-4(2,3)5/h(H,3,5)/p-1. The molecule has 0 N–H and O–H groups in total. The van der Waals surface area contributed by atoms with Gasteiger partial charge in [0.25, 0.3) is 0 Å². The third-order valence-electron chi connectivity index (χ3n) is 0. The third-order valence-corrected chi connectivity index (χ3v) is 0. The van der Waals surface area contributed by atoms with E-state index in [2.05, 4.69) is 34.3 Å². The minimum absolute atomic E-state index is 3.11.